The summed E-state index contributed by atoms with van der Waals surface area (Å²) in [6.07, 6.45) is 6.80. The topological polar surface area (TPSA) is 104 Å². The normalized spacial score (nSPS) is 24.3. The first kappa shape index (κ1) is 19.4. The van der Waals surface area contributed by atoms with E-state index in [1.54, 1.807) is 18.3 Å². The Morgan fingerprint density at radius 1 is 1.17 bits per heavy atom. The number of benzene rings is 1. The number of hydrogen-bond donors (Lipinski definition) is 2. The number of anilines is 3. The van der Waals surface area contributed by atoms with Crippen molar-refractivity contribution in [2.45, 2.75) is 55.4 Å². The van der Waals surface area contributed by atoms with Crippen LogP contribution in [0.5, 0.6) is 0 Å². The highest BCUT2D eigenvalue weighted by molar-refractivity contribution is 7.89. The van der Waals surface area contributed by atoms with Crippen molar-refractivity contribution >= 4 is 33.4 Å². The van der Waals surface area contributed by atoms with E-state index in [4.69, 9.17) is 4.98 Å². The molecule has 2 aromatic rings. The number of sulfonamides is 1. The molecule has 158 valence electrons. The van der Waals surface area contributed by atoms with Gasteiger partial charge < -0.3 is 5.32 Å². The van der Waals surface area contributed by atoms with Crippen LogP contribution in [0.2, 0.25) is 0 Å². The van der Waals surface area contributed by atoms with Gasteiger partial charge in [-0.2, -0.15) is 4.98 Å². The molecule has 0 saturated heterocycles. The van der Waals surface area contributed by atoms with E-state index in [-0.39, 0.29) is 16.8 Å². The van der Waals surface area contributed by atoms with E-state index in [1.165, 1.54) is 19.2 Å². The highest BCUT2D eigenvalue weighted by atomic mass is 32.2. The van der Waals surface area contributed by atoms with Crippen LogP contribution in [0.15, 0.2) is 35.4 Å². The summed E-state index contributed by atoms with van der Waals surface area (Å²) in [4.78, 5) is 24.6. The predicted molar refractivity (Wildman–Crippen MR) is 113 cm³/mol. The maximum Gasteiger partial charge on any atom is 0.240 e. The van der Waals surface area contributed by atoms with Gasteiger partial charge in [0.25, 0.3) is 0 Å². The molecule has 0 bridgehead atoms. The Morgan fingerprint density at radius 3 is 2.50 bits per heavy atom. The fraction of sp³-hybridized carbons (Fsp3) is 0.476. The van der Waals surface area contributed by atoms with Crippen LogP contribution in [0.25, 0.3) is 0 Å². The standard InChI is InChI=1S/C21H25N5O3S/c1-13-4-3-5-17(13)26-18-16(21(10-11-21)19(26)27)12-23-20(25-18)24-14-6-8-15(9-7-14)30(28,29)22-2/h6-9,12-13,17,22H,3-5,10-11H2,1-2H3,(H,23,24,25)/t13-,17-/m0/s1. The number of nitrogens with zero attached hydrogens (tertiary/aromatic N) is 3. The Balaban J connectivity index is 1.45. The largest absolute Gasteiger partial charge is 0.324 e. The summed E-state index contributed by atoms with van der Waals surface area (Å²) in [6, 6.07) is 6.59. The third-order valence-electron chi connectivity index (χ3n) is 6.73. The quantitative estimate of drug-likeness (QED) is 0.760. The summed E-state index contributed by atoms with van der Waals surface area (Å²) in [6.45, 7) is 2.21. The zero-order valence-corrected chi connectivity index (χ0v) is 17.9. The molecule has 1 amide bonds. The second-order valence-corrected chi connectivity index (χ2v) is 10.4. The first-order valence-corrected chi connectivity index (χ1v) is 11.9. The molecule has 2 heterocycles. The van der Waals surface area contributed by atoms with Crippen LogP contribution in [0.1, 0.15) is 44.6 Å². The number of carbonyl (C=O) groups is 1. The van der Waals surface area contributed by atoms with Crippen LogP contribution in [-0.2, 0) is 20.2 Å². The minimum atomic E-state index is -3.48. The lowest BCUT2D eigenvalue weighted by Gasteiger charge is -2.28. The molecule has 2 atom stereocenters. The number of nitrogens with one attached hydrogen (secondary N) is 2. The van der Waals surface area contributed by atoms with Gasteiger partial charge >= 0.3 is 0 Å². The average Bonchev–Trinajstić information content (AvgIpc) is 3.39. The van der Waals surface area contributed by atoms with Crippen molar-refractivity contribution < 1.29 is 13.2 Å². The van der Waals surface area contributed by atoms with Crippen molar-refractivity contribution in [2.24, 2.45) is 5.92 Å². The molecule has 2 fully saturated rings. The first-order valence-electron chi connectivity index (χ1n) is 10.4. The molecule has 5 rings (SSSR count). The molecule has 1 aliphatic heterocycles. The number of fused-ring (bicyclic) bond motifs is 2. The molecule has 30 heavy (non-hydrogen) atoms. The Labute approximate surface area is 176 Å². The molecule has 2 saturated carbocycles. The van der Waals surface area contributed by atoms with Crippen LogP contribution >= 0.6 is 0 Å². The van der Waals surface area contributed by atoms with Gasteiger partial charge in [-0.3, -0.25) is 9.69 Å². The zero-order valence-electron chi connectivity index (χ0n) is 17.1. The number of aromatic nitrogens is 2. The minimum Gasteiger partial charge on any atom is -0.324 e. The molecule has 9 heteroatoms. The van der Waals surface area contributed by atoms with E-state index >= 15 is 0 Å². The van der Waals surface area contributed by atoms with Crippen molar-refractivity contribution in [2.75, 3.05) is 17.3 Å². The summed E-state index contributed by atoms with van der Waals surface area (Å²) in [5, 5.41) is 3.14. The van der Waals surface area contributed by atoms with E-state index < -0.39 is 15.4 Å². The van der Waals surface area contributed by atoms with Gasteiger partial charge in [0.15, 0.2) is 0 Å². The zero-order chi connectivity index (χ0) is 21.1. The SMILES string of the molecule is CNS(=O)(=O)c1ccc(Nc2ncc3c(n2)N([C@H]2CCC[C@@H]2C)C(=O)C32CC2)cc1. The molecular weight excluding hydrogens is 402 g/mol. The Bertz CT molecular complexity index is 1110. The third kappa shape index (κ3) is 2.91. The van der Waals surface area contributed by atoms with Crippen LogP contribution in [0.4, 0.5) is 17.5 Å². The highest BCUT2D eigenvalue weighted by Crippen LogP contribution is 2.58. The number of carbonyl (C=O) groups excluding carboxylic acids is 1. The van der Waals surface area contributed by atoms with Gasteiger partial charge in [0.05, 0.1) is 10.3 Å². The highest BCUT2D eigenvalue weighted by Gasteiger charge is 2.61. The third-order valence-corrected chi connectivity index (χ3v) is 8.16. The van der Waals surface area contributed by atoms with E-state index in [2.05, 4.69) is 21.9 Å². The molecular formula is C21H25N5O3S. The maximum atomic E-state index is 13.3. The predicted octanol–water partition coefficient (Wildman–Crippen LogP) is 2.70. The molecule has 1 spiro atoms. The monoisotopic (exact) mass is 427 g/mol. The van der Waals surface area contributed by atoms with E-state index in [1.807, 2.05) is 4.90 Å². The molecule has 2 N–H and O–H groups in total. The van der Waals surface area contributed by atoms with E-state index in [0.29, 0.717) is 17.6 Å². The fourth-order valence-corrected chi connectivity index (χ4v) is 5.52. The first-order chi connectivity index (χ1) is 14.4. The van der Waals surface area contributed by atoms with Gasteiger partial charge in [-0.15, -0.1) is 0 Å². The van der Waals surface area contributed by atoms with Crippen LogP contribution in [-0.4, -0.2) is 37.4 Å². The molecule has 0 unspecified atom stereocenters. The van der Waals surface area contributed by atoms with E-state index in [0.717, 1.165) is 43.5 Å². The van der Waals surface area contributed by atoms with Gasteiger partial charge in [-0.1, -0.05) is 13.3 Å². The molecule has 0 radical (unpaired) electrons. The second-order valence-electron chi connectivity index (χ2n) is 8.52. The van der Waals surface area contributed by atoms with Crippen molar-refractivity contribution in [3.63, 3.8) is 0 Å². The fourth-order valence-electron chi connectivity index (χ4n) is 4.79. The second kappa shape index (κ2) is 6.75. The van der Waals surface area contributed by atoms with Crippen molar-refractivity contribution in [3.8, 4) is 0 Å². The van der Waals surface area contributed by atoms with Crippen LogP contribution < -0.4 is 14.9 Å². The molecule has 1 aromatic heterocycles. The summed E-state index contributed by atoms with van der Waals surface area (Å²) in [5.41, 5.74) is 1.23. The summed E-state index contributed by atoms with van der Waals surface area (Å²) in [7, 11) is -2.10. The lowest BCUT2D eigenvalue weighted by atomic mass is 10.0. The number of amides is 1. The lowest BCUT2D eigenvalue weighted by Crippen LogP contribution is -2.42. The Morgan fingerprint density at radius 2 is 1.90 bits per heavy atom. The average molecular weight is 428 g/mol. The van der Waals surface area contributed by atoms with Gasteiger partial charge in [-0.25, -0.2) is 18.1 Å². The number of hydrogen-bond acceptors (Lipinski definition) is 6. The van der Waals surface area contributed by atoms with Crippen molar-refractivity contribution in [1.29, 1.82) is 0 Å². The summed E-state index contributed by atoms with van der Waals surface area (Å²) >= 11 is 0. The van der Waals surface area contributed by atoms with Crippen LogP contribution in [0.3, 0.4) is 0 Å². The molecule has 1 aromatic carbocycles. The van der Waals surface area contributed by atoms with Gasteiger partial charge in [-0.05, 0) is 62.9 Å². The van der Waals surface area contributed by atoms with Crippen molar-refractivity contribution in [1.82, 2.24) is 14.7 Å². The van der Waals surface area contributed by atoms with Gasteiger partial charge in [0.1, 0.15) is 5.82 Å². The Kier molecular flexibility index (Phi) is 4.37. The van der Waals surface area contributed by atoms with Gasteiger partial charge in [0, 0.05) is 23.5 Å². The lowest BCUT2D eigenvalue weighted by molar-refractivity contribution is -0.120. The summed E-state index contributed by atoms with van der Waals surface area (Å²) < 4.78 is 26.1. The summed E-state index contributed by atoms with van der Waals surface area (Å²) in [5.74, 6) is 1.79. The van der Waals surface area contributed by atoms with Gasteiger partial charge in [0.2, 0.25) is 21.9 Å². The molecule has 2 aliphatic carbocycles. The minimum absolute atomic E-state index is 0.185. The smallest absolute Gasteiger partial charge is 0.240 e. The van der Waals surface area contributed by atoms with Crippen molar-refractivity contribution in [3.05, 3.63) is 36.0 Å². The molecule has 3 aliphatic rings. The number of rotatable bonds is 5. The van der Waals surface area contributed by atoms with Crippen LogP contribution in [0, 0.1) is 5.92 Å². The van der Waals surface area contributed by atoms with E-state index in [9.17, 15) is 13.2 Å². The maximum absolute atomic E-state index is 13.3. The molecule has 8 nitrogen and oxygen atoms in total. The Hall–Kier alpha value is -2.52.